The van der Waals surface area contributed by atoms with Gasteiger partial charge in [-0.2, -0.15) is 0 Å². The molecule has 0 aromatic rings. The van der Waals surface area contributed by atoms with Gasteiger partial charge in [-0.1, -0.05) is 0 Å². The second kappa shape index (κ2) is 9.77. The minimum atomic E-state index is 0. The molecule has 4 nitrogen and oxygen atoms in total. The minimum absolute atomic E-state index is 0. The van der Waals surface area contributed by atoms with E-state index < -0.39 is 0 Å². The first-order chi connectivity index (χ1) is 5.63. The highest BCUT2D eigenvalue weighted by Crippen LogP contribution is 1.74. The van der Waals surface area contributed by atoms with Gasteiger partial charge in [0.05, 0.1) is 0 Å². The average Bonchev–Trinajstić information content (AvgIpc) is 1.95. The van der Waals surface area contributed by atoms with Gasteiger partial charge in [-0.25, -0.2) is 0 Å². The molecule has 0 aliphatic heterocycles. The Hall–Kier alpha value is -0.320. The molecule has 80 valence electrons. The van der Waals surface area contributed by atoms with Crippen LogP contribution in [0, 0.1) is 0 Å². The third kappa shape index (κ3) is 14.5. The van der Waals surface area contributed by atoms with E-state index >= 15 is 0 Å². The summed E-state index contributed by atoms with van der Waals surface area (Å²) in [7, 11) is 0. The monoisotopic (exact) mass is 209 g/mol. The molecule has 0 aromatic carbocycles. The lowest BCUT2D eigenvalue weighted by Gasteiger charge is -2.09. The van der Waals surface area contributed by atoms with Crippen LogP contribution in [-0.4, -0.2) is 25.0 Å². The van der Waals surface area contributed by atoms with Gasteiger partial charge < -0.3 is 5.32 Å². The third-order valence-electron chi connectivity index (χ3n) is 1.24. The molecule has 0 aromatic heterocycles. The van der Waals surface area contributed by atoms with E-state index in [9.17, 15) is 4.79 Å². The van der Waals surface area contributed by atoms with Gasteiger partial charge in [0, 0.05) is 26.1 Å². The van der Waals surface area contributed by atoms with Crippen molar-refractivity contribution in [2.45, 2.75) is 33.2 Å². The van der Waals surface area contributed by atoms with Gasteiger partial charge in [0.25, 0.3) is 0 Å². The SMILES string of the molecule is CC(=O)NCCCNNC(C)C.Cl. The Balaban J connectivity index is 0. The van der Waals surface area contributed by atoms with E-state index in [1.807, 2.05) is 0 Å². The highest BCUT2D eigenvalue weighted by atomic mass is 35.5. The number of hydrogen-bond donors (Lipinski definition) is 3. The fraction of sp³-hybridized carbons (Fsp3) is 0.875. The van der Waals surface area contributed by atoms with E-state index in [0.717, 1.165) is 19.5 Å². The summed E-state index contributed by atoms with van der Waals surface area (Å²) in [5.74, 6) is 0.0341. The quantitative estimate of drug-likeness (QED) is 0.440. The lowest BCUT2D eigenvalue weighted by atomic mass is 10.4. The number of hydrazine groups is 1. The summed E-state index contributed by atoms with van der Waals surface area (Å²) in [5.41, 5.74) is 6.13. The fourth-order valence-electron chi connectivity index (χ4n) is 0.717. The van der Waals surface area contributed by atoms with Crippen molar-refractivity contribution < 1.29 is 4.79 Å². The van der Waals surface area contributed by atoms with Gasteiger partial charge in [-0.3, -0.25) is 15.6 Å². The molecule has 0 unspecified atom stereocenters. The first-order valence-corrected chi connectivity index (χ1v) is 4.35. The number of rotatable bonds is 6. The molecule has 0 aliphatic rings. The van der Waals surface area contributed by atoms with E-state index in [-0.39, 0.29) is 18.3 Å². The molecule has 0 fully saturated rings. The largest absolute Gasteiger partial charge is 0.356 e. The number of amides is 1. The van der Waals surface area contributed by atoms with Crippen LogP contribution in [0.4, 0.5) is 0 Å². The first-order valence-electron chi connectivity index (χ1n) is 4.35. The zero-order valence-corrected chi connectivity index (χ0v) is 9.33. The number of hydrogen-bond acceptors (Lipinski definition) is 3. The predicted octanol–water partition coefficient (Wildman–Crippen LogP) is 0.437. The molecule has 0 saturated carbocycles. The highest BCUT2D eigenvalue weighted by molar-refractivity contribution is 5.85. The summed E-state index contributed by atoms with van der Waals surface area (Å²) in [6, 6.07) is 0.450. The van der Waals surface area contributed by atoms with Crippen molar-refractivity contribution in [2.24, 2.45) is 0 Å². The molecule has 13 heavy (non-hydrogen) atoms. The average molecular weight is 210 g/mol. The van der Waals surface area contributed by atoms with Gasteiger partial charge >= 0.3 is 0 Å². The van der Waals surface area contributed by atoms with E-state index in [1.165, 1.54) is 6.92 Å². The molecule has 0 bridgehead atoms. The van der Waals surface area contributed by atoms with E-state index in [0.29, 0.717) is 6.04 Å². The van der Waals surface area contributed by atoms with Crippen molar-refractivity contribution in [3.8, 4) is 0 Å². The normalized spacial score (nSPS) is 9.54. The van der Waals surface area contributed by atoms with Crippen LogP contribution in [0.2, 0.25) is 0 Å². The lowest BCUT2D eigenvalue weighted by Crippen LogP contribution is -2.38. The van der Waals surface area contributed by atoms with Crippen LogP contribution < -0.4 is 16.2 Å². The molecule has 5 heteroatoms. The summed E-state index contributed by atoms with van der Waals surface area (Å²) in [4.78, 5) is 10.4. The standard InChI is InChI=1S/C8H19N3O.ClH/c1-7(2)11-10-6-4-5-9-8(3)12;/h7,10-11H,4-6H2,1-3H3,(H,9,12);1H. The van der Waals surface area contributed by atoms with Crippen LogP contribution in [-0.2, 0) is 4.79 Å². The fourth-order valence-corrected chi connectivity index (χ4v) is 0.717. The molecule has 0 spiro atoms. The molecule has 0 rings (SSSR count). The molecule has 0 saturated heterocycles. The second-order valence-corrected chi connectivity index (χ2v) is 3.06. The summed E-state index contributed by atoms with van der Waals surface area (Å²) in [6.45, 7) is 7.28. The number of halogens is 1. The molecular formula is C8H20ClN3O. The molecular weight excluding hydrogens is 190 g/mol. The molecule has 0 heterocycles. The second-order valence-electron chi connectivity index (χ2n) is 3.06. The summed E-state index contributed by atoms with van der Waals surface area (Å²) < 4.78 is 0. The van der Waals surface area contributed by atoms with Gasteiger partial charge in [-0.15, -0.1) is 12.4 Å². The van der Waals surface area contributed by atoms with E-state index in [1.54, 1.807) is 0 Å². The van der Waals surface area contributed by atoms with Crippen molar-refractivity contribution in [1.82, 2.24) is 16.2 Å². The highest BCUT2D eigenvalue weighted by Gasteiger charge is 1.91. The third-order valence-corrected chi connectivity index (χ3v) is 1.24. The van der Waals surface area contributed by atoms with Crippen molar-refractivity contribution in [3.63, 3.8) is 0 Å². The molecule has 0 aliphatic carbocycles. The van der Waals surface area contributed by atoms with Gasteiger partial charge in [-0.05, 0) is 20.3 Å². The smallest absolute Gasteiger partial charge is 0.216 e. The number of carbonyl (C=O) groups excluding carboxylic acids is 1. The minimum Gasteiger partial charge on any atom is -0.356 e. The Morgan fingerprint density at radius 2 is 1.92 bits per heavy atom. The zero-order valence-electron chi connectivity index (χ0n) is 8.52. The maximum Gasteiger partial charge on any atom is 0.216 e. The molecule has 0 radical (unpaired) electrons. The summed E-state index contributed by atoms with van der Waals surface area (Å²) in [5, 5.41) is 2.73. The van der Waals surface area contributed by atoms with Crippen molar-refractivity contribution in [3.05, 3.63) is 0 Å². The Morgan fingerprint density at radius 3 is 2.38 bits per heavy atom. The number of nitrogens with one attached hydrogen (secondary N) is 3. The lowest BCUT2D eigenvalue weighted by molar-refractivity contribution is -0.118. The van der Waals surface area contributed by atoms with Crippen LogP contribution in [0.1, 0.15) is 27.2 Å². The predicted molar refractivity (Wildman–Crippen MR) is 56.8 cm³/mol. The van der Waals surface area contributed by atoms with Crippen molar-refractivity contribution in [2.75, 3.05) is 13.1 Å². The molecule has 1 amide bonds. The first kappa shape index (κ1) is 15.2. The Labute approximate surface area is 86.2 Å². The van der Waals surface area contributed by atoms with Crippen LogP contribution in [0.15, 0.2) is 0 Å². The van der Waals surface area contributed by atoms with Crippen molar-refractivity contribution in [1.29, 1.82) is 0 Å². The Kier molecular flexibility index (Phi) is 11.4. The van der Waals surface area contributed by atoms with Gasteiger partial charge in [0.1, 0.15) is 0 Å². The van der Waals surface area contributed by atoms with Gasteiger partial charge in [0.2, 0.25) is 5.91 Å². The van der Waals surface area contributed by atoms with Crippen LogP contribution in [0.5, 0.6) is 0 Å². The maximum atomic E-state index is 10.4. The zero-order chi connectivity index (χ0) is 9.40. The van der Waals surface area contributed by atoms with E-state index in [2.05, 4.69) is 30.0 Å². The van der Waals surface area contributed by atoms with Crippen LogP contribution in [0.3, 0.4) is 0 Å². The Morgan fingerprint density at radius 1 is 1.31 bits per heavy atom. The molecule has 0 atom stereocenters. The van der Waals surface area contributed by atoms with Crippen LogP contribution >= 0.6 is 12.4 Å². The summed E-state index contributed by atoms with van der Waals surface area (Å²) in [6.07, 6.45) is 0.944. The summed E-state index contributed by atoms with van der Waals surface area (Å²) >= 11 is 0. The maximum absolute atomic E-state index is 10.4. The topological polar surface area (TPSA) is 53.2 Å². The Bertz CT molecular complexity index is 131. The molecule has 3 N–H and O–H groups in total. The van der Waals surface area contributed by atoms with Gasteiger partial charge in [0.15, 0.2) is 0 Å². The van der Waals surface area contributed by atoms with E-state index in [4.69, 9.17) is 0 Å². The van der Waals surface area contributed by atoms with Crippen molar-refractivity contribution >= 4 is 18.3 Å². The number of carbonyl (C=O) groups is 1. The van der Waals surface area contributed by atoms with Crippen LogP contribution in [0.25, 0.3) is 0 Å².